The highest BCUT2D eigenvalue weighted by atomic mass is 16.8. The van der Waals surface area contributed by atoms with Gasteiger partial charge >= 0.3 is 6.41 Å². The fraction of sp³-hybridized carbons (Fsp3) is 0.400. The van der Waals surface area contributed by atoms with Crippen LogP contribution in [-0.4, -0.2) is 33.0 Å². The summed E-state index contributed by atoms with van der Waals surface area (Å²) in [5.74, 6) is 1.53. The van der Waals surface area contributed by atoms with E-state index in [0.29, 0.717) is 22.9 Å². The molecular formula is C10H13NO5. The molecule has 0 bridgehead atoms. The Morgan fingerprint density at radius 2 is 1.81 bits per heavy atom. The van der Waals surface area contributed by atoms with E-state index in [4.69, 9.17) is 18.9 Å². The predicted molar refractivity (Wildman–Crippen MR) is 55.2 cm³/mol. The molecule has 1 heterocycles. The normalized spacial score (nSPS) is 18.0. The molecule has 16 heavy (non-hydrogen) atoms. The number of hydrogen-bond acceptors (Lipinski definition) is 6. The Balaban J connectivity index is 2.43. The summed E-state index contributed by atoms with van der Waals surface area (Å²) in [5, 5.41) is 10.6. The second kappa shape index (κ2) is 4.07. The number of anilines is 1. The number of ether oxygens (including phenoxy) is 4. The van der Waals surface area contributed by atoms with Gasteiger partial charge in [-0.1, -0.05) is 0 Å². The summed E-state index contributed by atoms with van der Waals surface area (Å²) in [5.41, 5.74) is 0.476. The van der Waals surface area contributed by atoms with Gasteiger partial charge in [0.25, 0.3) is 0 Å². The summed E-state index contributed by atoms with van der Waals surface area (Å²) >= 11 is 0. The van der Waals surface area contributed by atoms with E-state index in [1.165, 1.54) is 21.3 Å². The van der Waals surface area contributed by atoms with E-state index in [2.05, 4.69) is 0 Å². The molecule has 6 nitrogen and oxygen atoms in total. The predicted octanol–water partition coefficient (Wildman–Crippen LogP) is 1.22. The van der Waals surface area contributed by atoms with Crippen molar-refractivity contribution in [1.29, 1.82) is 0 Å². The molecule has 0 fully saturated rings. The van der Waals surface area contributed by atoms with Gasteiger partial charge in [0.2, 0.25) is 0 Å². The molecule has 2 rings (SSSR count). The van der Waals surface area contributed by atoms with E-state index >= 15 is 0 Å². The molecule has 0 amide bonds. The number of hydrogen-bond donors (Lipinski definition) is 1. The summed E-state index contributed by atoms with van der Waals surface area (Å²) < 4.78 is 20.5. The first-order chi connectivity index (χ1) is 7.71. The summed E-state index contributed by atoms with van der Waals surface area (Å²) in [7, 11) is 4.49. The van der Waals surface area contributed by atoms with Gasteiger partial charge in [0.05, 0.1) is 14.2 Å². The molecule has 1 unspecified atom stereocenters. The molecule has 1 atom stereocenters. The summed E-state index contributed by atoms with van der Waals surface area (Å²) in [6, 6.07) is 3.25. The molecule has 1 aromatic rings. The van der Waals surface area contributed by atoms with E-state index in [-0.39, 0.29) is 0 Å². The highest BCUT2D eigenvalue weighted by molar-refractivity contribution is 5.66. The minimum Gasteiger partial charge on any atom is -0.493 e. The molecule has 6 heteroatoms. The maximum atomic E-state index is 9.71. The van der Waals surface area contributed by atoms with Crippen LogP contribution in [0.3, 0.4) is 0 Å². The zero-order valence-electron chi connectivity index (χ0n) is 9.26. The third-order valence-corrected chi connectivity index (χ3v) is 2.34. The summed E-state index contributed by atoms with van der Waals surface area (Å²) in [6.07, 6.45) is -0.841. The highest BCUT2D eigenvalue weighted by Crippen LogP contribution is 2.43. The third-order valence-electron chi connectivity index (χ3n) is 2.34. The van der Waals surface area contributed by atoms with Crippen molar-refractivity contribution in [3.8, 4) is 17.2 Å². The Morgan fingerprint density at radius 3 is 2.38 bits per heavy atom. The summed E-state index contributed by atoms with van der Waals surface area (Å²) in [6.45, 7) is 0. The van der Waals surface area contributed by atoms with E-state index in [1.807, 2.05) is 0 Å². The van der Waals surface area contributed by atoms with E-state index in [9.17, 15) is 5.21 Å². The number of benzene rings is 1. The number of hydroxylamine groups is 1. The van der Waals surface area contributed by atoms with Crippen molar-refractivity contribution in [2.45, 2.75) is 6.41 Å². The van der Waals surface area contributed by atoms with Gasteiger partial charge in [-0.05, 0) is 0 Å². The van der Waals surface area contributed by atoms with Crippen LogP contribution in [0.1, 0.15) is 0 Å². The minimum atomic E-state index is -0.841. The second-order valence-corrected chi connectivity index (χ2v) is 3.18. The van der Waals surface area contributed by atoms with Crippen molar-refractivity contribution >= 4 is 5.69 Å². The Labute approximate surface area is 92.8 Å². The number of fused-ring (bicyclic) bond motifs is 1. The highest BCUT2D eigenvalue weighted by Gasteiger charge is 2.31. The molecule has 0 aromatic heterocycles. The zero-order chi connectivity index (χ0) is 11.7. The van der Waals surface area contributed by atoms with Gasteiger partial charge in [-0.3, -0.25) is 5.21 Å². The molecule has 1 aliphatic rings. The van der Waals surface area contributed by atoms with Gasteiger partial charge in [-0.15, -0.1) is 0 Å². The Hall–Kier alpha value is -1.66. The molecule has 1 N–H and O–H groups in total. The average molecular weight is 227 g/mol. The van der Waals surface area contributed by atoms with Crippen LogP contribution in [0.2, 0.25) is 0 Å². The lowest BCUT2D eigenvalue weighted by molar-refractivity contribution is -0.0837. The Kier molecular flexibility index (Phi) is 2.76. The van der Waals surface area contributed by atoms with Gasteiger partial charge in [-0.2, -0.15) is 5.06 Å². The largest absolute Gasteiger partial charge is 0.493 e. The van der Waals surface area contributed by atoms with Crippen molar-refractivity contribution in [3.63, 3.8) is 0 Å². The average Bonchev–Trinajstić information content (AvgIpc) is 2.63. The van der Waals surface area contributed by atoms with Crippen molar-refractivity contribution in [1.82, 2.24) is 0 Å². The van der Waals surface area contributed by atoms with E-state index in [1.54, 1.807) is 12.1 Å². The van der Waals surface area contributed by atoms with E-state index < -0.39 is 6.41 Å². The molecule has 0 spiro atoms. The minimum absolute atomic E-state index is 0.476. The van der Waals surface area contributed by atoms with Crippen LogP contribution in [0.15, 0.2) is 12.1 Å². The molecule has 0 radical (unpaired) electrons. The third kappa shape index (κ3) is 1.52. The van der Waals surface area contributed by atoms with Crippen LogP contribution in [-0.2, 0) is 4.74 Å². The van der Waals surface area contributed by atoms with Crippen molar-refractivity contribution in [2.24, 2.45) is 0 Å². The van der Waals surface area contributed by atoms with Crippen molar-refractivity contribution < 1.29 is 24.2 Å². The Morgan fingerprint density at radius 1 is 1.19 bits per heavy atom. The molecule has 0 aliphatic carbocycles. The first-order valence-electron chi connectivity index (χ1n) is 4.65. The fourth-order valence-corrected chi connectivity index (χ4v) is 1.54. The van der Waals surface area contributed by atoms with Gasteiger partial charge in [-0.25, -0.2) is 0 Å². The van der Waals surface area contributed by atoms with Crippen LogP contribution in [0, 0.1) is 0 Å². The van der Waals surface area contributed by atoms with Crippen molar-refractivity contribution in [3.05, 3.63) is 12.1 Å². The molecule has 0 saturated heterocycles. The first-order valence-corrected chi connectivity index (χ1v) is 4.65. The van der Waals surface area contributed by atoms with Gasteiger partial charge in [0.1, 0.15) is 5.69 Å². The first kappa shape index (κ1) is 10.8. The van der Waals surface area contributed by atoms with Crippen LogP contribution in [0.5, 0.6) is 17.2 Å². The van der Waals surface area contributed by atoms with Crippen LogP contribution < -0.4 is 19.3 Å². The summed E-state index contributed by atoms with van der Waals surface area (Å²) in [4.78, 5) is 0. The lowest BCUT2D eigenvalue weighted by Gasteiger charge is -2.15. The molecular weight excluding hydrogens is 214 g/mol. The molecule has 1 aliphatic heterocycles. The number of rotatable bonds is 3. The lowest BCUT2D eigenvalue weighted by atomic mass is 10.2. The maximum absolute atomic E-state index is 9.71. The van der Waals surface area contributed by atoms with Crippen LogP contribution in [0.4, 0.5) is 5.69 Å². The standard InChI is InChI=1S/C10H13NO5/c1-13-8-4-6-7(5-9(8)14-2)16-10(15-3)11(6)12/h4-5,10,12H,1-3H3. The molecule has 88 valence electrons. The van der Waals surface area contributed by atoms with Crippen molar-refractivity contribution in [2.75, 3.05) is 26.4 Å². The zero-order valence-corrected chi connectivity index (χ0v) is 9.26. The maximum Gasteiger partial charge on any atom is 0.306 e. The molecule has 1 aromatic carbocycles. The van der Waals surface area contributed by atoms with Crippen LogP contribution in [0.25, 0.3) is 0 Å². The lowest BCUT2D eigenvalue weighted by Crippen LogP contribution is -2.32. The molecule has 0 saturated carbocycles. The quantitative estimate of drug-likeness (QED) is 0.837. The fourth-order valence-electron chi connectivity index (χ4n) is 1.54. The van der Waals surface area contributed by atoms with Gasteiger partial charge in [0, 0.05) is 19.2 Å². The van der Waals surface area contributed by atoms with Gasteiger partial charge < -0.3 is 18.9 Å². The monoisotopic (exact) mass is 227 g/mol. The van der Waals surface area contributed by atoms with Gasteiger partial charge in [0.15, 0.2) is 17.2 Å². The number of nitrogens with zero attached hydrogens (tertiary/aromatic N) is 1. The Bertz CT molecular complexity index is 395. The second-order valence-electron chi connectivity index (χ2n) is 3.18. The topological polar surface area (TPSA) is 60.4 Å². The smallest absolute Gasteiger partial charge is 0.306 e. The van der Waals surface area contributed by atoms with Crippen LogP contribution >= 0.6 is 0 Å². The SMILES string of the molecule is COc1cc2c(cc1OC)N(O)C(OC)O2. The number of methoxy groups -OCH3 is 3. The van der Waals surface area contributed by atoms with E-state index in [0.717, 1.165) is 5.06 Å².